The maximum atomic E-state index is 13.0. The van der Waals surface area contributed by atoms with Crippen LogP contribution in [-0.4, -0.2) is 27.3 Å². The Morgan fingerprint density at radius 2 is 1.94 bits per heavy atom. The minimum atomic E-state index is -0.932. The zero-order valence-electron chi connectivity index (χ0n) is 21.1. The lowest BCUT2D eigenvalue weighted by Crippen LogP contribution is -2.17. The van der Waals surface area contributed by atoms with E-state index in [0.717, 1.165) is 36.1 Å². The van der Waals surface area contributed by atoms with Crippen LogP contribution in [0, 0.1) is 12.3 Å². The molecule has 4 rings (SSSR count). The van der Waals surface area contributed by atoms with E-state index in [-0.39, 0.29) is 36.5 Å². The average molecular weight is 514 g/mol. The zero-order valence-corrected chi connectivity index (χ0v) is 21.8. The molecule has 1 saturated carbocycles. The quantitative estimate of drug-likeness (QED) is 0.308. The topological polar surface area (TPSA) is 118 Å². The van der Waals surface area contributed by atoms with Crippen molar-refractivity contribution in [1.29, 1.82) is 0 Å². The Hall–Kier alpha value is -3.13. The van der Waals surface area contributed by atoms with Crippen molar-refractivity contribution < 1.29 is 23.7 Å². The minimum Gasteiger partial charge on any atom is -0.481 e. The number of rotatable bonds is 10. The van der Waals surface area contributed by atoms with Crippen LogP contribution in [0.4, 0.5) is 5.69 Å². The van der Waals surface area contributed by atoms with Crippen LogP contribution < -0.4 is 5.32 Å². The lowest BCUT2D eigenvalue weighted by molar-refractivity contribution is -0.137. The third kappa shape index (κ3) is 6.55. The molecule has 1 aliphatic rings. The number of benzene rings is 1. The van der Waals surface area contributed by atoms with E-state index in [9.17, 15) is 14.7 Å². The molecule has 1 fully saturated rings. The monoisotopic (exact) mass is 513 g/mol. The van der Waals surface area contributed by atoms with Gasteiger partial charge in [-0.05, 0) is 55.2 Å². The second-order valence-electron chi connectivity index (χ2n) is 10.9. The van der Waals surface area contributed by atoms with E-state index in [1.165, 1.54) is 0 Å². The standard InChI is InChI=1S/C27H32ClN3O5/c1-15-5-9-20(19(28)11-15)29-22(32)12-17(8-10-23(33)34)26-24(16-6-7-16)25(31-36-26)21-13-18(35-30-21)14-27(2,3)4/h5,9,11,13,16-17H,6-8,10,12,14H2,1-4H3,(H,29,32)(H,33,34)/t17-/m0/s1. The first-order chi connectivity index (χ1) is 17.0. The number of halogens is 1. The highest BCUT2D eigenvalue weighted by molar-refractivity contribution is 6.33. The molecule has 2 aromatic heterocycles. The van der Waals surface area contributed by atoms with E-state index in [4.69, 9.17) is 20.6 Å². The van der Waals surface area contributed by atoms with Crippen LogP contribution in [0.15, 0.2) is 33.3 Å². The van der Waals surface area contributed by atoms with Crippen molar-refractivity contribution in [3.05, 3.63) is 51.9 Å². The molecule has 9 heteroatoms. The molecule has 0 unspecified atom stereocenters. The Kier molecular flexibility index (Phi) is 7.54. The van der Waals surface area contributed by atoms with Crippen molar-refractivity contribution in [3.8, 4) is 11.4 Å². The van der Waals surface area contributed by atoms with Gasteiger partial charge in [-0.3, -0.25) is 9.59 Å². The van der Waals surface area contributed by atoms with Crippen LogP contribution in [0.25, 0.3) is 11.4 Å². The predicted octanol–water partition coefficient (Wildman–Crippen LogP) is 6.73. The number of aryl methyl sites for hydroxylation is 1. The maximum absolute atomic E-state index is 13.0. The van der Waals surface area contributed by atoms with Crippen LogP contribution >= 0.6 is 11.6 Å². The highest BCUT2D eigenvalue weighted by Gasteiger charge is 2.37. The highest BCUT2D eigenvalue weighted by Crippen LogP contribution is 2.48. The van der Waals surface area contributed by atoms with Crippen LogP contribution in [0.2, 0.25) is 5.02 Å². The van der Waals surface area contributed by atoms with E-state index < -0.39 is 11.9 Å². The summed E-state index contributed by atoms with van der Waals surface area (Å²) in [7, 11) is 0. The zero-order chi connectivity index (χ0) is 26.0. The molecule has 0 bridgehead atoms. The first-order valence-corrected chi connectivity index (χ1v) is 12.6. The van der Waals surface area contributed by atoms with E-state index in [2.05, 4.69) is 36.4 Å². The van der Waals surface area contributed by atoms with Gasteiger partial charge in [-0.2, -0.15) is 0 Å². The number of aliphatic carboxylic acids is 1. The van der Waals surface area contributed by atoms with Gasteiger partial charge in [-0.15, -0.1) is 0 Å². The van der Waals surface area contributed by atoms with Gasteiger partial charge in [-0.25, -0.2) is 0 Å². The Labute approximate surface area is 215 Å². The van der Waals surface area contributed by atoms with Crippen molar-refractivity contribution in [1.82, 2.24) is 10.3 Å². The van der Waals surface area contributed by atoms with Gasteiger partial charge in [0.15, 0.2) is 0 Å². The predicted molar refractivity (Wildman–Crippen MR) is 136 cm³/mol. The first kappa shape index (κ1) is 25.9. The molecular formula is C27H32ClN3O5. The summed E-state index contributed by atoms with van der Waals surface area (Å²) in [6.45, 7) is 8.30. The Bertz CT molecular complexity index is 1250. The van der Waals surface area contributed by atoms with Crippen LogP contribution in [0.1, 0.15) is 87.4 Å². The number of carboxylic acids is 1. The van der Waals surface area contributed by atoms with Gasteiger partial charge in [0.05, 0.1) is 10.7 Å². The van der Waals surface area contributed by atoms with Crippen LogP contribution in [0.5, 0.6) is 0 Å². The number of aromatic nitrogens is 2. The fraction of sp³-hybridized carbons (Fsp3) is 0.481. The molecule has 192 valence electrons. The Morgan fingerprint density at radius 1 is 1.19 bits per heavy atom. The lowest BCUT2D eigenvalue weighted by Gasteiger charge is -2.15. The number of carbonyl (C=O) groups is 2. The number of carboxylic acid groups (broad SMARTS) is 1. The molecule has 0 aliphatic heterocycles. The van der Waals surface area contributed by atoms with Gasteiger partial charge >= 0.3 is 5.97 Å². The summed E-state index contributed by atoms with van der Waals surface area (Å²) in [5, 5.41) is 21.2. The van der Waals surface area contributed by atoms with Gasteiger partial charge in [-0.1, -0.05) is 48.8 Å². The Balaban J connectivity index is 1.60. The lowest BCUT2D eigenvalue weighted by atomic mass is 9.90. The second kappa shape index (κ2) is 10.5. The van der Waals surface area contributed by atoms with E-state index >= 15 is 0 Å². The number of hydrogen-bond acceptors (Lipinski definition) is 6. The molecule has 0 saturated heterocycles. The molecule has 2 N–H and O–H groups in total. The molecule has 2 heterocycles. The number of carbonyl (C=O) groups excluding carboxylic acids is 1. The summed E-state index contributed by atoms with van der Waals surface area (Å²) < 4.78 is 11.4. The second-order valence-corrected chi connectivity index (χ2v) is 11.3. The molecule has 1 aliphatic carbocycles. The summed E-state index contributed by atoms with van der Waals surface area (Å²) in [5.41, 5.74) is 3.65. The molecule has 8 nitrogen and oxygen atoms in total. The molecule has 1 aromatic carbocycles. The minimum absolute atomic E-state index is 0.0416. The molecule has 36 heavy (non-hydrogen) atoms. The number of hydrogen-bond donors (Lipinski definition) is 2. The maximum Gasteiger partial charge on any atom is 0.303 e. The van der Waals surface area contributed by atoms with Crippen molar-refractivity contribution in [2.45, 2.75) is 78.1 Å². The molecule has 0 radical (unpaired) electrons. The van der Waals surface area contributed by atoms with Crippen LogP contribution in [-0.2, 0) is 16.0 Å². The first-order valence-electron chi connectivity index (χ1n) is 12.2. The number of amides is 1. The third-order valence-electron chi connectivity index (χ3n) is 6.16. The average Bonchev–Trinajstić information content (AvgIpc) is 3.35. The van der Waals surface area contributed by atoms with Crippen molar-refractivity contribution in [2.75, 3.05) is 5.32 Å². The summed E-state index contributed by atoms with van der Waals surface area (Å²) in [6, 6.07) is 7.28. The number of nitrogens with zero attached hydrogens (tertiary/aromatic N) is 2. The van der Waals surface area contributed by atoms with Gasteiger partial charge in [0.25, 0.3) is 0 Å². The van der Waals surface area contributed by atoms with Gasteiger partial charge in [0.2, 0.25) is 5.91 Å². The van der Waals surface area contributed by atoms with E-state index in [0.29, 0.717) is 27.9 Å². The largest absolute Gasteiger partial charge is 0.481 e. The van der Waals surface area contributed by atoms with Gasteiger partial charge < -0.3 is 19.5 Å². The summed E-state index contributed by atoms with van der Waals surface area (Å²) in [6.07, 6.45) is 2.87. The Morgan fingerprint density at radius 3 is 2.58 bits per heavy atom. The molecule has 1 amide bonds. The number of anilines is 1. The fourth-order valence-electron chi connectivity index (χ4n) is 4.36. The summed E-state index contributed by atoms with van der Waals surface area (Å²) in [5.74, 6) is -0.100. The van der Waals surface area contributed by atoms with Crippen LogP contribution in [0.3, 0.4) is 0 Å². The third-order valence-corrected chi connectivity index (χ3v) is 6.47. The molecule has 3 aromatic rings. The molecular weight excluding hydrogens is 482 g/mol. The summed E-state index contributed by atoms with van der Waals surface area (Å²) >= 11 is 6.28. The van der Waals surface area contributed by atoms with Crippen molar-refractivity contribution in [3.63, 3.8) is 0 Å². The molecule has 0 spiro atoms. The van der Waals surface area contributed by atoms with E-state index in [1.807, 2.05) is 19.1 Å². The van der Waals surface area contributed by atoms with Crippen molar-refractivity contribution in [2.24, 2.45) is 5.41 Å². The highest BCUT2D eigenvalue weighted by atomic mass is 35.5. The van der Waals surface area contributed by atoms with Gasteiger partial charge in [0.1, 0.15) is 22.9 Å². The summed E-state index contributed by atoms with van der Waals surface area (Å²) in [4.78, 5) is 24.4. The van der Waals surface area contributed by atoms with Gasteiger partial charge in [0, 0.05) is 36.8 Å². The fourth-order valence-corrected chi connectivity index (χ4v) is 4.64. The normalized spacial score (nSPS) is 14.6. The van der Waals surface area contributed by atoms with Crippen molar-refractivity contribution >= 4 is 29.2 Å². The molecule has 1 atom stereocenters. The van der Waals surface area contributed by atoms with E-state index in [1.54, 1.807) is 12.1 Å². The SMILES string of the molecule is Cc1ccc(NC(=O)C[C@H](CCC(=O)O)c2onc(-c3cc(CC(C)(C)C)on3)c2C2CC2)c(Cl)c1. The number of nitrogens with one attached hydrogen (secondary N) is 1. The smallest absolute Gasteiger partial charge is 0.303 e.